The van der Waals surface area contributed by atoms with Crippen molar-refractivity contribution in [1.82, 2.24) is 0 Å². The highest BCUT2D eigenvalue weighted by molar-refractivity contribution is 7.92. The van der Waals surface area contributed by atoms with Gasteiger partial charge in [0.2, 0.25) is 10.0 Å². The molecule has 2 aliphatic rings. The molecule has 4 nitrogen and oxygen atoms in total. The van der Waals surface area contributed by atoms with Crippen molar-refractivity contribution in [3.8, 4) is 0 Å². The number of fused-ring (bicyclic) bond motifs is 1. The van der Waals surface area contributed by atoms with Gasteiger partial charge in [-0.3, -0.25) is 9.52 Å². The third-order valence-corrected chi connectivity index (χ3v) is 5.04. The molecule has 3 rings (SSSR count). The van der Waals surface area contributed by atoms with E-state index in [1.165, 1.54) is 25.7 Å². The first-order valence-electron chi connectivity index (χ1n) is 7.08. The lowest BCUT2D eigenvalue weighted by molar-refractivity contribution is 0.0956. The summed E-state index contributed by atoms with van der Waals surface area (Å²) in [5, 5.41) is 0. The lowest BCUT2D eigenvalue weighted by atomic mass is 10.0. The third-order valence-electron chi connectivity index (χ3n) is 4.43. The summed E-state index contributed by atoms with van der Waals surface area (Å²) >= 11 is 0. The van der Waals surface area contributed by atoms with Crippen molar-refractivity contribution in [3.63, 3.8) is 0 Å². The van der Waals surface area contributed by atoms with Crippen molar-refractivity contribution in [2.45, 2.75) is 25.7 Å². The molecule has 2 aliphatic carbocycles. The van der Waals surface area contributed by atoms with Crippen LogP contribution in [-0.4, -0.2) is 20.5 Å². The molecule has 0 saturated heterocycles. The average Bonchev–Trinajstić information content (AvgIpc) is 3.11. The number of benzene rings is 1. The highest BCUT2D eigenvalue weighted by atomic mass is 32.2. The van der Waals surface area contributed by atoms with E-state index in [0.29, 0.717) is 23.1 Å². The van der Waals surface area contributed by atoms with Crippen LogP contribution >= 0.6 is 0 Å². The van der Waals surface area contributed by atoms with E-state index in [4.69, 9.17) is 0 Å². The zero-order chi connectivity index (χ0) is 14.3. The summed E-state index contributed by atoms with van der Waals surface area (Å²) in [6.45, 7) is 0. The Bertz CT molecular complexity index is 609. The fraction of sp³-hybridized carbons (Fsp3) is 0.533. The number of carbonyl (C=O) groups is 1. The molecule has 108 valence electrons. The van der Waals surface area contributed by atoms with E-state index in [0.717, 1.165) is 6.26 Å². The summed E-state index contributed by atoms with van der Waals surface area (Å²) in [5.74, 6) is 1.65. The molecule has 5 heteroatoms. The van der Waals surface area contributed by atoms with Gasteiger partial charge in [-0.25, -0.2) is 8.42 Å². The van der Waals surface area contributed by atoms with E-state index in [1.807, 2.05) is 0 Å². The topological polar surface area (TPSA) is 63.2 Å². The summed E-state index contributed by atoms with van der Waals surface area (Å²) in [6.07, 6.45) is 5.99. The van der Waals surface area contributed by atoms with Crippen LogP contribution in [0, 0.1) is 17.8 Å². The van der Waals surface area contributed by atoms with Crippen LogP contribution in [-0.2, 0) is 10.0 Å². The molecule has 1 N–H and O–H groups in total. The number of carbonyl (C=O) groups excluding carboxylic acids is 1. The monoisotopic (exact) mass is 293 g/mol. The van der Waals surface area contributed by atoms with E-state index in [2.05, 4.69) is 4.72 Å². The molecule has 20 heavy (non-hydrogen) atoms. The van der Waals surface area contributed by atoms with Crippen molar-refractivity contribution in [1.29, 1.82) is 0 Å². The molecule has 2 fully saturated rings. The number of nitrogens with one attached hydrogen (secondary N) is 1. The molecular formula is C15H19NO3S. The Kier molecular flexibility index (Phi) is 3.32. The van der Waals surface area contributed by atoms with Crippen LogP contribution < -0.4 is 4.72 Å². The molecule has 0 spiro atoms. The molecule has 2 atom stereocenters. The van der Waals surface area contributed by atoms with Gasteiger partial charge in [0.05, 0.1) is 6.26 Å². The molecule has 0 heterocycles. The first-order valence-corrected chi connectivity index (χ1v) is 8.97. The maximum atomic E-state index is 12.4. The Labute approximate surface area is 119 Å². The number of rotatable bonds is 4. The normalized spacial score (nSPS) is 28.6. The molecule has 0 aromatic heterocycles. The van der Waals surface area contributed by atoms with Crippen LogP contribution in [0.2, 0.25) is 0 Å². The third kappa shape index (κ3) is 2.73. The van der Waals surface area contributed by atoms with Gasteiger partial charge >= 0.3 is 0 Å². The van der Waals surface area contributed by atoms with Crippen LogP contribution in [0.3, 0.4) is 0 Å². The van der Waals surface area contributed by atoms with Crippen LogP contribution in [0.1, 0.15) is 36.0 Å². The summed E-state index contributed by atoms with van der Waals surface area (Å²) < 4.78 is 24.7. The molecule has 2 unspecified atom stereocenters. The molecule has 0 aliphatic heterocycles. The van der Waals surface area contributed by atoms with Gasteiger partial charge in [0.1, 0.15) is 0 Å². The minimum atomic E-state index is -3.27. The van der Waals surface area contributed by atoms with Crippen molar-refractivity contribution >= 4 is 21.5 Å². The predicted octanol–water partition coefficient (Wildman–Crippen LogP) is 2.68. The smallest absolute Gasteiger partial charge is 0.229 e. The maximum absolute atomic E-state index is 12.4. The molecule has 1 aromatic carbocycles. The quantitative estimate of drug-likeness (QED) is 0.868. The van der Waals surface area contributed by atoms with Gasteiger partial charge in [0.25, 0.3) is 0 Å². The number of sulfonamides is 1. The summed E-state index contributed by atoms with van der Waals surface area (Å²) in [7, 11) is -3.27. The second-order valence-electron chi connectivity index (χ2n) is 5.95. The van der Waals surface area contributed by atoms with E-state index >= 15 is 0 Å². The number of anilines is 1. The lowest BCUT2D eigenvalue weighted by Crippen LogP contribution is -2.10. The molecule has 0 radical (unpaired) electrons. The average molecular weight is 293 g/mol. The van der Waals surface area contributed by atoms with Gasteiger partial charge in [-0.05, 0) is 48.9 Å². The van der Waals surface area contributed by atoms with Crippen LogP contribution in [0.4, 0.5) is 5.69 Å². The fourth-order valence-corrected chi connectivity index (χ4v) is 4.05. The first kappa shape index (κ1) is 13.6. The van der Waals surface area contributed by atoms with Gasteiger partial charge in [0, 0.05) is 17.2 Å². The summed E-state index contributed by atoms with van der Waals surface area (Å²) in [5.41, 5.74) is 1.20. The predicted molar refractivity (Wildman–Crippen MR) is 78.2 cm³/mol. The number of hydrogen-bond acceptors (Lipinski definition) is 3. The standard InChI is InChI=1S/C15H19NO3S/c1-20(18,19)16-11-8-6-10(7-9-11)15(17)14-12-4-2-3-5-13(12)14/h6-9,12-14,16H,2-5H2,1H3. The first-order chi connectivity index (χ1) is 9.46. The minimum Gasteiger partial charge on any atom is -0.294 e. The molecular weight excluding hydrogens is 274 g/mol. The van der Waals surface area contributed by atoms with E-state index in [9.17, 15) is 13.2 Å². The van der Waals surface area contributed by atoms with Crippen molar-refractivity contribution in [2.75, 3.05) is 11.0 Å². The second-order valence-corrected chi connectivity index (χ2v) is 7.70. The van der Waals surface area contributed by atoms with E-state index in [-0.39, 0.29) is 11.7 Å². The van der Waals surface area contributed by atoms with Gasteiger partial charge in [-0.2, -0.15) is 0 Å². The lowest BCUT2D eigenvalue weighted by Gasteiger charge is -2.05. The summed E-state index contributed by atoms with van der Waals surface area (Å²) in [4.78, 5) is 12.4. The van der Waals surface area contributed by atoms with E-state index < -0.39 is 10.0 Å². The van der Waals surface area contributed by atoms with Gasteiger partial charge in [-0.15, -0.1) is 0 Å². The van der Waals surface area contributed by atoms with Crippen LogP contribution in [0.25, 0.3) is 0 Å². The maximum Gasteiger partial charge on any atom is 0.229 e. The zero-order valence-electron chi connectivity index (χ0n) is 11.5. The SMILES string of the molecule is CS(=O)(=O)Nc1ccc(C(=O)C2C3CCCCC32)cc1. The van der Waals surface area contributed by atoms with Gasteiger partial charge < -0.3 is 0 Å². The second kappa shape index (κ2) is 4.88. The van der Waals surface area contributed by atoms with Crippen molar-refractivity contribution in [3.05, 3.63) is 29.8 Å². The number of ketones is 1. The molecule has 2 saturated carbocycles. The zero-order valence-corrected chi connectivity index (χ0v) is 12.3. The Hall–Kier alpha value is -1.36. The molecule has 0 amide bonds. The largest absolute Gasteiger partial charge is 0.294 e. The molecule has 1 aromatic rings. The van der Waals surface area contributed by atoms with Gasteiger partial charge in [-0.1, -0.05) is 12.8 Å². The van der Waals surface area contributed by atoms with Crippen molar-refractivity contribution < 1.29 is 13.2 Å². The minimum absolute atomic E-state index is 0.214. The highest BCUT2D eigenvalue weighted by Gasteiger charge is 2.54. The fourth-order valence-electron chi connectivity index (χ4n) is 3.49. The van der Waals surface area contributed by atoms with Crippen LogP contribution in [0.5, 0.6) is 0 Å². The number of hydrogen-bond donors (Lipinski definition) is 1. The van der Waals surface area contributed by atoms with Gasteiger partial charge in [0.15, 0.2) is 5.78 Å². The highest BCUT2D eigenvalue weighted by Crippen LogP contribution is 2.56. The Morgan fingerprint density at radius 3 is 2.15 bits per heavy atom. The molecule has 0 bridgehead atoms. The van der Waals surface area contributed by atoms with E-state index in [1.54, 1.807) is 24.3 Å². The Morgan fingerprint density at radius 2 is 1.65 bits per heavy atom. The summed E-state index contributed by atoms with van der Waals surface area (Å²) in [6, 6.07) is 6.75. The van der Waals surface area contributed by atoms with Crippen LogP contribution in [0.15, 0.2) is 24.3 Å². The Balaban J connectivity index is 1.70. The van der Waals surface area contributed by atoms with Crippen molar-refractivity contribution in [2.24, 2.45) is 17.8 Å². The number of Topliss-reactive ketones (excluding diaryl/α,β-unsaturated/α-hetero) is 1. The Morgan fingerprint density at radius 1 is 1.10 bits per heavy atom.